The van der Waals surface area contributed by atoms with Crippen LogP contribution >= 0.6 is 11.8 Å². The van der Waals surface area contributed by atoms with E-state index in [1.807, 2.05) is 72.9 Å². The lowest BCUT2D eigenvalue weighted by Gasteiger charge is -2.03. The molecule has 1 aliphatic heterocycles. The first-order valence-electron chi connectivity index (χ1n) is 9.02. The number of nitrogens with two attached hydrogens (primary N) is 1. The second-order valence-electron chi connectivity index (χ2n) is 6.40. The van der Waals surface area contributed by atoms with Gasteiger partial charge >= 0.3 is 0 Å². The molecule has 30 heavy (non-hydrogen) atoms. The second kappa shape index (κ2) is 7.35. The van der Waals surface area contributed by atoms with Gasteiger partial charge in [0.1, 0.15) is 17.3 Å². The monoisotopic (exact) mass is 410 g/mol. The standard InChI is InChI=1S/C21H14N8S/c22-11-15-13-30-21-25-24-20(29(21)27-19(15)23)17-12-28(16-9-5-2-6-10-16)26-18(17)14-7-3-1-4-8-14/h1-10,12-13H,(H2,23,27). The van der Waals surface area contributed by atoms with Crippen molar-refractivity contribution in [2.75, 3.05) is 0 Å². The van der Waals surface area contributed by atoms with Gasteiger partial charge in [0.05, 0.1) is 11.3 Å². The van der Waals surface area contributed by atoms with Gasteiger partial charge in [-0.2, -0.15) is 15.0 Å². The smallest absolute Gasteiger partial charge is 0.216 e. The number of benzene rings is 2. The van der Waals surface area contributed by atoms with Crippen LogP contribution in [0.4, 0.5) is 0 Å². The van der Waals surface area contributed by atoms with Crippen LogP contribution in [0, 0.1) is 11.3 Å². The van der Waals surface area contributed by atoms with E-state index in [-0.39, 0.29) is 5.84 Å². The Hall–Kier alpha value is -4.16. The minimum atomic E-state index is 0.113. The molecule has 0 saturated carbocycles. The summed E-state index contributed by atoms with van der Waals surface area (Å²) in [7, 11) is 0. The van der Waals surface area contributed by atoms with Crippen molar-refractivity contribution in [2.45, 2.75) is 5.16 Å². The number of rotatable bonds is 3. The Morgan fingerprint density at radius 2 is 1.70 bits per heavy atom. The molecule has 0 fully saturated rings. The largest absolute Gasteiger partial charge is 0.381 e. The molecule has 0 unspecified atom stereocenters. The fourth-order valence-electron chi connectivity index (χ4n) is 3.07. The molecule has 1 aliphatic rings. The third-order valence-corrected chi connectivity index (χ3v) is 5.34. The lowest BCUT2D eigenvalue weighted by atomic mass is 10.1. The van der Waals surface area contributed by atoms with E-state index >= 15 is 0 Å². The summed E-state index contributed by atoms with van der Waals surface area (Å²) in [5.41, 5.74) is 9.65. The van der Waals surface area contributed by atoms with E-state index in [1.165, 1.54) is 11.8 Å². The molecule has 4 aromatic rings. The number of thioether (sulfide) groups is 1. The quantitative estimate of drug-likeness (QED) is 0.554. The minimum Gasteiger partial charge on any atom is -0.381 e. The van der Waals surface area contributed by atoms with E-state index in [9.17, 15) is 5.26 Å². The third kappa shape index (κ3) is 3.05. The maximum atomic E-state index is 9.26. The summed E-state index contributed by atoms with van der Waals surface area (Å²) in [6.07, 6.45) is 1.90. The maximum Gasteiger partial charge on any atom is 0.216 e. The summed E-state index contributed by atoms with van der Waals surface area (Å²) in [6.45, 7) is 0. The first kappa shape index (κ1) is 17.9. The fourth-order valence-corrected chi connectivity index (χ4v) is 3.79. The van der Waals surface area contributed by atoms with Crippen molar-refractivity contribution in [2.24, 2.45) is 10.8 Å². The molecule has 5 rings (SSSR count). The molecule has 0 atom stereocenters. The number of nitriles is 1. The SMILES string of the molecule is N#CC1=CSc2nnc(-c3cn(-c4ccccc4)nc3-c3ccccc3)n2N=C1N. The Balaban J connectivity index is 1.72. The van der Waals surface area contributed by atoms with Gasteiger partial charge in [0, 0.05) is 17.2 Å². The van der Waals surface area contributed by atoms with E-state index in [1.54, 1.807) is 14.8 Å². The summed E-state index contributed by atoms with van der Waals surface area (Å²) in [5.74, 6) is 0.607. The molecule has 9 heteroatoms. The van der Waals surface area contributed by atoms with Gasteiger partial charge in [0.15, 0.2) is 11.7 Å². The van der Waals surface area contributed by atoms with Gasteiger partial charge in [0.2, 0.25) is 5.16 Å². The number of aromatic nitrogens is 5. The molecule has 0 radical (unpaired) electrons. The average Bonchev–Trinajstić information content (AvgIpc) is 3.36. The molecular weight excluding hydrogens is 396 g/mol. The first-order chi connectivity index (χ1) is 14.7. The van der Waals surface area contributed by atoms with E-state index in [2.05, 4.69) is 15.3 Å². The van der Waals surface area contributed by atoms with Gasteiger partial charge in [-0.3, -0.25) is 0 Å². The average molecular weight is 410 g/mol. The summed E-state index contributed by atoms with van der Waals surface area (Å²) < 4.78 is 3.36. The maximum absolute atomic E-state index is 9.26. The molecular formula is C21H14N8S. The highest BCUT2D eigenvalue weighted by Gasteiger charge is 2.23. The van der Waals surface area contributed by atoms with Crippen LogP contribution in [-0.2, 0) is 0 Å². The van der Waals surface area contributed by atoms with Crippen LogP contribution in [-0.4, -0.2) is 30.5 Å². The number of hydrogen-bond acceptors (Lipinski definition) is 7. The highest BCUT2D eigenvalue weighted by Crippen LogP contribution is 2.34. The molecule has 8 nitrogen and oxygen atoms in total. The van der Waals surface area contributed by atoms with Crippen LogP contribution in [0.3, 0.4) is 0 Å². The van der Waals surface area contributed by atoms with Crippen LogP contribution < -0.4 is 5.73 Å². The Labute approximate surface area is 176 Å². The van der Waals surface area contributed by atoms with E-state index < -0.39 is 0 Å². The zero-order chi connectivity index (χ0) is 20.5. The van der Waals surface area contributed by atoms with Crippen molar-refractivity contribution in [1.82, 2.24) is 24.7 Å². The second-order valence-corrected chi connectivity index (χ2v) is 7.24. The number of fused-ring (bicyclic) bond motifs is 1. The number of nitrogens with zero attached hydrogens (tertiary/aromatic N) is 7. The molecule has 0 bridgehead atoms. The highest BCUT2D eigenvalue weighted by atomic mass is 32.2. The predicted molar refractivity (Wildman–Crippen MR) is 115 cm³/mol. The molecule has 0 saturated heterocycles. The van der Waals surface area contributed by atoms with Gasteiger partial charge in [0.25, 0.3) is 0 Å². The summed E-state index contributed by atoms with van der Waals surface area (Å²) >= 11 is 1.25. The Kier molecular flexibility index (Phi) is 4.38. The number of amidine groups is 1. The predicted octanol–water partition coefficient (Wildman–Crippen LogP) is 3.43. The van der Waals surface area contributed by atoms with Crippen LogP contribution in [0.1, 0.15) is 0 Å². The van der Waals surface area contributed by atoms with Gasteiger partial charge in [-0.25, -0.2) is 4.68 Å². The van der Waals surface area contributed by atoms with Crippen LogP contribution in [0.15, 0.2) is 88.1 Å². The fraction of sp³-hybridized carbons (Fsp3) is 0. The van der Waals surface area contributed by atoms with Crippen molar-refractivity contribution in [1.29, 1.82) is 5.26 Å². The minimum absolute atomic E-state index is 0.113. The normalized spacial score (nSPS) is 13.0. The van der Waals surface area contributed by atoms with Gasteiger partial charge < -0.3 is 5.73 Å². The molecule has 3 heterocycles. The third-order valence-electron chi connectivity index (χ3n) is 4.52. The molecule has 2 N–H and O–H groups in total. The molecule has 0 spiro atoms. The first-order valence-corrected chi connectivity index (χ1v) is 9.90. The topological polar surface area (TPSA) is 111 Å². The zero-order valence-electron chi connectivity index (χ0n) is 15.5. The lowest BCUT2D eigenvalue weighted by molar-refractivity contribution is 0.771. The van der Waals surface area contributed by atoms with Crippen molar-refractivity contribution < 1.29 is 0 Å². The summed E-state index contributed by atoms with van der Waals surface area (Å²) in [4.78, 5) is 0. The van der Waals surface area contributed by atoms with E-state index in [0.29, 0.717) is 16.6 Å². The molecule has 2 aromatic heterocycles. The van der Waals surface area contributed by atoms with Gasteiger partial charge in [-0.05, 0) is 12.1 Å². The van der Waals surface area contributed by atoms with E-state index in [4.69, 9.17) is 10.8 Å². The number of para-hydroxylation sites is 1. The van der Waals surface area contributed by atoms with Crippen LogP contribution in [0.25, 0.3) is 28.3 Å². The van der Waals surface area contributed by atoms with Crippen molar-refractivity contribution in [3.63, 3.8) is 0 Å². The van der Waals surface area contributed by atoms with Gasteiger partial charge in [-0.15, -0.1) is 15.3 Å². The molecule has 2 aromatic carbocycles. The van der Waals surface area contributed by atoms with E-state index in [0.717, 1.165) is 22.5 Å². The summed E-state index contributed by atoms with van der Waals surface area (Å²) in [5, 5.41) is 29.2. The van der Waals surface area contributed by atoms with Crippen molar-refractivity contribution in [3.8, 4) is 34.4 Å². The van der Waals surface area contributed by atoms with Crippen LogP contribution in [0.5, 0.6) is 0 Å². The zero-order valence-corrected chi connectivity index (χ0v) is 16.4. The van der Waals surface area contributed by atoms with Crippen molar-refractivity contribution in [3.05, 3.63) is 77.8 Å². The Bertz CT molecular complexity index is 1330. The number of hydrogen-bond donors (Lipinski definition) is 1. The van der Waals surface area contributed by atoms with Crippen LogP contribution in [0.2, 0.25) is 0 Å². The highest BCUT2D eigenvalue weighted by molar-refractivity contribution is 8.02. The molecule has 144 valence electrons. The molecule has 0 amide bonds. The molecule has 0 aliphatic carbocycles. The van der Waals surface area contributed by atoms with Crippen molar-refractivity contribution >= 4 is 17.6 Å². The Morgan fingerprint density at radius 1 is 0.967 bits per heavy atom. The summed E-state index contributed by atoms with van der Waals surface area (Å²) in [6, 6.07) is 21.7. The Morgan fingerprint density at radius 3 is 2.43 bits per heavy atom. The lowest BCUT2D eigenvalue weighted by Crippen LogP contribution is -2.15. The van der Waals surface area contributed by atoms with Gasteiger partial charge in [-0.1, -0.05) is 60.3 Å².